The first-order valence-corrected chi connectivity index (χ1v) is 10.4. The van der Waals surface area contributed by atoms with E-state index in [2.05, 4.69) is 0 Å². The third kappa shape index (κ3) is 4.41. The highest BCUT2D eigenvalue weighted by Gasteiger charge is 2.57. The lowest BCUT2D eigenvalue weighted by molar-refractivity contribution is -0.771. The van der Waals surface area contributed by atoms with Gasteiger partial charge >= 0.3 is 0 Å². The molecule has 0 unspecified atom stereocenters. The molecule has 0 N–H and O–H groups in total. The Bertz CT molecular complexity index is 1140. The summed E-state index contributed by atoms with van der Waals surface area (Å²) in [6.45, 7) is 0.314. The number of carbonyl (C=O) groups excluding carboxylic acids is 2. The Labute approximate surface area is 190 Å². The predicted molar refractivity (Wildman–Crippen MR) is 119 cm³/mol. The van der Waals surface area contributed by atoms with Crippen LogP contribution in [0.25, 0.3) is 0 Å². The second-order valence-electron chi connectivity index (χ2n) is 7.80. The third-order valence-electron chi connectivity index (χ3n) is 5.66. The number of hydrogen-bond acceptors (Lipinski definition) is 6. The van der Waals surface area contributed by atoms with E-state index >= 15 is 0 Å². The van der Waals surface area contributed by atoms with Gasteiger partial charge in [0.05, 0.1) is 7.11 Å². The van der Waals surface area contributed by atoms with Crippen LogP contribution in [0.4, 0.5) is 0 Å². The number of ether oxygens (including phenoxy) is 1. The number of nitrogens with zero attached hydrogens (tertiary/aromatic N) is 2. The van der Waals surface area contributed by atoms with Gasteiger partial charge in [-0.2, -0.15) is 0 Å². The number of benzene rings is 3. The van der Waals surface area contributed by atoms with E-state index in [1.807, 2.05) is 60.7 Å². The average molecular weight is 446 g/mol. The van der Waals surface area contributed by atoms with Crippen molar-refractivity contribution in [2.24, 2.45) is 0 Å². The van der Waals surface area contributed by atoms with Crippen LogP contribution in [0.2, 0.25) is 0 Å². The maximum Gasteiger partial charge on any atom is 0.296 e. The maximum absolute atomic E-state index is 13.9. The van der Waals surface area contributed by atoms with Crippen LogP contribution in [0.3, 0.4) is 0 Å². The van der Waals surface area contributed by atoms with Crippen molar-refractivity contribution in [1.29, 1.82) is 0 Å². The Hall–Kier alpha value is -4.20. The number of methoxy groups -OCH3 is 1. The maximum atomic E-state index is 13.9. The molecule has 0 heterocycles. The molecule has 0 aromatic heterocycles. The minimum atomic E-state index is -2.29. The van der Waals surface area contributed by atoms with Gasteiger partial charge in [-0.3, -0.25) is 14.4 Å². The van der Waals surface area contributed by atoms with E-state index in [-0.39, 0.29) is 25.1 Å². The molecule has 1 amide bonds. The third-order valence-corrected chi connectivity index (χ3v) is 5.66. The molecular formula is C25H22N2O6. The molecule has 0 aliphatic heterocycles. The fourth-order valence-corrected chi connectivity index (χ4v) is 4.11. The first-order valence-electron chi connectivity index (χ1n) is 10.4. The van der Waals surface area contributed by atoms with Crippen LogP contribution < -0.4 is 4.74 Å². The Kier molecular flexibility index (Phi) is 6.08. The minimum Gasteiger partial charge on any atom is -0.497 e. The van der Waals surface area contributed by atoms with Gasteiger partial charge in [0, 0.05) is 25.1 Å². The summed E-state index contributed by atoms with van der Waals surface area (Å²) in [6, 6.07) is 23.2. The first kappa shape index (κ1) is 22.0. The van der Waals surface area contributed by atoms with Crippen LogP contribution >= 0.6 is 0 Å². The SMILES string of the molecule is COc1ccc2c(c1)C[C@](O[N+](=O)[O-])(C(=O)N(Cc1ccccc1)Cc1ccccc1)C2=O. The van der Waals surface area contributed by atoms with E-state index in [4.69, 9.17) is 9.57 Å². The highest BCUT2D eigenvalue weighted by Crippen LogP contribution is 2.37. The fourth-order valence-electron chi connectivity index (χ4n) is 4.11. The Morgan fingerprint density at radius 2 is 1.58 bits per heavy atom. The van der Waals surface area contributed by atoms with Crippen molar-refractivity contribution >= 4 is 11.7 Å². The van der Waals surface area contributed by atoms with E-state index < -0.39 is 22.4 Å². The standard InChI is InChI=1S/C25H22N2O6/c1-32-21-12-13-22-20(14-21)15-25(23(22)28,33-27(30)31)24(29)26(16-18-8-4-2-5-9-18)17-19-10-6-3-7-11-19/h2-14H,15-17H2,1H3/t25-/m1/s1. The summed E-state index contributed by atoms with van der Waals surface area (Å²) in [5.74, 6) is -1.00. The van der Waals surface area contributed by atoms with Gasteiger partial charge < -0.3 is 9.64 Å². The molecule has 0 saturated heterocycles. The number of amides is 1. The van der Waals surface area contributed by atoms with Crippen LogP contribution in [-0.2, 0) is 29.1 Å². The van der Waals surface area contributed by atoms with E-state index in [9.17, 15) is 19.7 Å². The zero-order chi connectivity index (χ0) is 23.4. The number of rotatable bonds is 8. The van der Waals surface area contributed by atoms with Crippen molar-refractivity contribution in [1.82, 2.24) is 4.90 Å². The van der Waals surface area contributed by atoms with Gasteiger partial charge in [0.25, 0.3) is 16.6 Å². The highest BCUT2D eigenvalue weighted by atomic mass is 17.0. The molecule has 168 valence electrons. The topological polar surface area (TPSA) is 99.0 Å². The van der Waals surface area contributed by atoms with Gasteiger partial charge in [-0.15, -0.1) is 10.1 Å². The molecule has 1 atom stereocenters. The zero-order valence-electron chi connectivity index (χ0n) is 18.0. The highest BCUT2D eigenvalue weighted by molar-refractivity contribution is 6.20. The van der Waals surface area contributed by atoms with Crippen molar-refractivity contribution in [3.63, 3.8) is 0 Å². The second-order valence-corrected chi connectivity index (χ2v) is 7.80. The molecule has 0 spiro atoms. The lowest BCUT2D eigenvalue weighted by Crippen LogP contribution is -2.55. The van der Waals surface area contributed by atoms with Gasteiger partial charge in [0.1, 0.15) is 5.75 Å². The van der Waals surface area contributed by atoms with Gasteiger partial charge in [-0.25, -0.2) is 0 Å². The smallest absolute Gasteiger partial charge is 0.296 e. The molecule has 1 aliphatic rings. The van der Waals surface area contributed by atoms with Crippen molar-refractivity contribution in [3.8, 4) is 5.75 Å². The quantitative estimate of drug-likeness (QED) is 0.298. The van der Waals surface area contributed by atoms with Gasteiger partial charge in [-0.1, -0.05) is 60.7 Å². The molecule has 0 bridgehead atoms. The second kappa shape index (κ2) is 9.12. The van der Waals surface area contributed by atoms with Crippen molar-refractivity contribution in [2.45, 2.75) is 25.1 Å². The van der Waals surface area contributed by atoms with Crippen LogP contribution in [0.15, 0.2) is 78.9 Å². The van der Waals surface area contributed by atoms with Crippen LogP contribution in [0.1, 0.15) is 27.0 Å². The van der Waals surface area contributed by atoms with Crippen molar-refractivity contribution in [3.05, 3.63) is 111 Å². The number of hydrogen-bond donors (Lipinski definition) is 0. The summed E-state index contributed by atoms with van der Waals surface area (Å²) < 4.78 is 5.21. The van der Waals surface area contributed by atoms with E-state index in [1.54, 1.807) is 12.1 Å². The predicted octanol–water partition coefficient (Wildman–Crippen LogP) is 3.61. The first-order chi connectivity index (χ1) is 15.9. The fraction of sp³-hybridized carbons (Fsp3) is 0.200. The molecule has 4 rings (SSSR count). The number of fused-ring (bicyclic) bond motifs is 1. The molecule has 0 radical (unpaired) electrons. The number of carbonyl (C=O) groups is 2. The van der Waals surface area contributed by atoms with E-state index in [1.165, 1.54) is 18.1 Å². The summed E-state index contributed by atoms with van der Waals surface area (Å²) in [4.78, 5) is 45.1. The number of ketones is 1. The van der Waals surface area contributed by atoms with Crippen LogP contribution in [0, 0.1) is 10.1 Å². The Morgan fingerprint density at radius 1 is 1.00 bits per heavy atom. The molecule has 33 heavy (non-hydrogen) atoms. The largest absolute Gasteiger partial charge is 0.497 e. The van der Waals surface area contributed by atoms with E-state index in [0.29, 0.717) is 11.3 Å². The van der Waals surface area contributed by atoms with Crippen molar-refractivity contribution in [2.75, 3.05) is 7.11 Å². The molecule has 1 aliphatic carbocycles. The monoisotopic (exact) mass is 446 g/mol. The lowest BCUT2D eigenvalue weighted by atomic mass is 9.96. The molecule has 3 aromatic rings. The summed E-state index contributed by atoms with van der Waals surface area (Å²) in [6.07, 6.45) is -0.252. The van der Waals surface area contributed by atoms with Gasteiger partial charge in [0.15, 0.2) is 0 Å². The van der Waals surface area contributed by atoms with E-state index in [0.717, 1.165) is 11.1 Å². The molecule has 3 aromatic carbocycles. The molecule has 8 heteroatoms. The van der Waals surface area contributed by atoms with Crippen LogP contribution in [0.5, 0.6) is 5.75 Å². The molecular weight excluding hydrogens is 424 g/mol. The number of Topliss-reactive ketones (excluding diaryl/α,β-unsaturated/α-hetero) is 1. The minimum absolute atomic E-state index is 0.157. The summed E-state index contributed by atoms with van der Waals surface area (Å²) in [5, 5.41) is 10.4. The summed E-state index contributed by atoms with van der Waals surface area (Å²) in [7, 11) is 1.48. The van der Waals surface area contributed by atoms with Gasteiger partial charge in [-0.05, 0) is 34.9 Å². The summed E-state index contributed by atoms with van der Waals surface area (Å²) in [5.41, 5.74) is 0.0338. The molecule has 0 fully saturated rings. The van der Waals surface area contributed by atoms with Crippen LogP contribution in [-0.4, -0.2) is 34.4 Å². The molecule has 8 nitrogen and oxygen atoms in total. The van der Waals surface area contributed by atoms with Crippen molar-refractivity contribution < 1.29 is 24.3 Å². The average Bonchev–Trinajstić information content (AvgIpc) is 3.10. The Morgan fingerprint density at radius 3 is 2.09 bits per heavy atom. The summed E-state index contributed by atoms with van der Waals surface area (Å²) >= 11 is 0. The zero-order valence-corrected chi connectivity index (χ0v) is 18.0. The molecule has 0 saturated carbocycles. The lowest BCUT2D eigenvalue weighted by Gasteiger charge is -2.31. The normalized spacial score (nSPS) is 16.7. The Balaban J connectivity index is 1.75. The van der Waals surface area contributed by atoms with Gasteiger partial charge in [0.2, 0.25) is 5.78 Å².